The van der Waals surface area contributed by atoms with E-state index in [9.17, 15) is 9.18 Å². The second-order valence-electron chi connectivity index (χ2n) is 6.38. The number of ether oxygens (including phenoxy) is 1. The number of pyridine rings is 2. The number of benzene rings is 1. The normalized spacial score (nSPS) is 11.1. The molecule has 0 saturated carbocycles. The van der Waals surface area contributed by atoms with Crippen molar-refractivity contribution < 1.29 is 13.9 Å². The number of fused-ring (bicyclic) bond motifs is 1. The Hall–Kier alpha value is -3.71. The van der Waals surface area contributed by atoms with Crippen LogP contribution in [0.5, 0.6) is 11.5 Å². The lowest BCUT2D eigenvalue weighted by Crippen LogP contribution is -2.20. The third-order valence-corrected chi connectivity index (χ3v) is 4.38. The van der Waals surface area contributed by atoms with Gasteiger partial charge in [-0.2, -0.15) is 0 Å². The van der Waals surface area contributed by atoms with Gasteiger partial charge in [0.15, 0.2) is 11.6 Å². The maximum Gasteiger partial charge on any atom is 0.244 e. The molecule has 30 heavy (non-hydrogen) atoms. The standard InChI is InChI=1S/C22H16ClFN4O2/c23-16-5-7-21-27-17(14-28(21)13-16)11-26-22(29)8-4-15-3-6-20(19(24)10-15)30-18-2-1-9-25-12-18/h1-10,12-14H,11H2,(H,26,29)/b8-4+. The Kier molecular flexibility index (Phi) is 5.72. The number of amides is 1. The Labute approximate surface area is 176 Å². The SMILES string of the molecule is O=C(/C=C/c1ccc(Oc2cccnc2)c(F)c1)NCc1cn2cc(Cl)ccc2n1. The zero-order valence-electron chi connectivity index (χ0n) is 15.6. The molecule has 0 bridgehead atoms. The van der Waals surface area contributed by atoms with Gasteiger partial charge in [-0.3, -0.25) is 9.78 Å². The highest BCUT2D eigenvalue weighted by Crippen LogP contribution is 2.24. The maximum atomic E-state index is 14.3. The summed E-state index contributed by atoms with van der Waals surface area (Å²) < 4.78 is 21.5. The molecule has 0 radical (unpaired) electrons. The molecule has 1 N–H and O–H groups in total. The number of hydrogen-bond donors (Lipinski definition) is 1. The van der Waals surface area contributed by atoms with Crippen LogP contribution in [0.15, 0.2) is 73.3 Å². The summed E-state index contributed by atoms with van der Waals surface area (Å²) in [6.07, 6.45) is 9.49. The Balaban J connectivity index is 1.35. The summed E-state index contributed by atoms with van der Waals surface area (Å²) in [4.78, 5) is 20.4. The monoisotopic (exact) mass is 422 g/mol. The van der Waals surface area contributed by atoms with Crippen LogP contribution < -0.4 is 10.1 Å². The van der Waals surface area contributed by atoms with Crippen LogP contribution in [-0.4, -0.2) is 20.3 Å². The molecular weight excluding hydrogens is 407 g/mol. The molecule has 0 unspecified atom stereocenters. The summed E-state index contributed by atoms with van der Waals surface area (Å²) in [7, 11) is 0. The fourth-order valence-electron chi connectivity index (χ4n) is 2.75. The predicted molar refractivity (Wildman–Crippen MR) is 112 cm³/mol. The summed E-state index contributed by atoms with van der Waals surface area (Å²) >= 11 is 5.95. The van der Waals surface area contributed by atoms with Crippen molar-refractivity contribution in [1.29, 1.82) is 0 Å². The van der Waals surface area contributed by atoms with Gasteiger partial charge in [0, 0.05) is 24.7 Å². The molecule has 1 aromatic carbocycles. The highest BCUT2D eigenvalue weighted by atomic mass is 35.5. The summed E-state index contributed by atoms with van der Waals surface area (Å²) in [6, 6.07) is 11.4. The van der Waals surface area contributed by atoms with Gasteiger partial charge in [0.25, 0.3) is 0 Å². The van der Waals surface area contributed by atoms with Gasteiger partial charge in [-0.1, -0.05) is 17.7 Å². The first kappa shape index (κ1) is 19.6. The lowest BCUT2D eigenvalue weighted by molar-refractivity contribution is -0.116. The van der Waals surface area contributed by atoms with E-state index in [1.807, 2.05) is 0 Å². The van der Waals surface area contributed by atoms with E-state index in [1.54, 1.807) is 53.3 Å². The zero-order valence-corrected chi connectivity index (χ0v) is 16.4. The lowest BCUT2D eigenvalue weighted by Gasteiger charge is -2.06. The molecule has 0 saturated heterocycles. The van der Waals surface area contributed by atoms with Crippen LogP contribution in [0, 0.1) is 5.82 Å². The molecule has 8 heteroatoms. The highest BCUT2D eigenvalue weighted by Gasteiger charge is 2.06. The van der Waals surface area contributed by atoms with Crippen molar-refractivity contribution in [3.05, 3.63) is 95.4 Å². The molecule has 0 atom stereocenters. The van der Waals surface area contributed by atoms with E-state index in [2.05, 4.69) is 15.3 Å². The number of carbonyl (C=O) groups is 1. The van der Waals surface area contributed by atoms with Crippen molar-refractivity contribution in [3.8, 4) is 11.5 Å². The molecule has 3 aromatic heterocycles. The molecule has 0 aliphatic carbocycles. The quantitative estimate of drug-likeness (QED) is 0.459. The largest absolute Gasteiger partial charge is 0.453 e. The third-order valence-electron chi connectivity index (χ3n) is 4.15. The van der Waals surface area contributed by atoms with Gasteiger partial charge in [-0.05, 0) is 48.0 Å². The number of carbonyl (C=O) groups excluding carboxylic acids is 1. The van der Waals surface area contributed by atoms with Gasteiger partial charge in [-0.25, -0.2) is 9.37 Å². The van der Waals surface area contributed by atoms with Crippen molar-refractivity contribution in [2.24, 2.45) is 0 Å². The van der Waals surface area contributed by atoms with Gasteiger partial charge >= 0.3 is 0 Å². The average molecular weight is 423 g/mol. The molecule has 4 aromatic rings. The molecular formula is C22H16ClFN4O2. The van der Waals surface area contributed by atoms with Gasteiger partial charge in [-0.15, -0.1) is 0 Å². The minimum atomic E-state index is -0.537. The third kappa shape index (κ3) is 4.82. The van der Waals surface area contributed by atoms with Gasteiger partial charge < -0.3 is 14.5 Å². The highest BCUT2D eigenvalue weighted by molar-refractivity contribution is 6.30. The zero-order chi connectivity index (χ0) is 20.9. The molecule has 1 amide bonds. The van der Waals surface area contributed by atoms with E-state index in [4.69, 9.17) is 16.3 Å². The molecule has 0 aliphatic heterocycles. The van der Waals surface area contributed by atoms with E-state index < -0.39 is 5.82 Å². The fourth-order valence-corrected chi connectivity index (χ4v) is 2.92. The molecule has 4 rings (SSSR count). The van der Waals surface area contributed by atoms with E-state index in [0.29, 0.717) is 22.0 Å². The van der Waals surface area contributed by atoms with Crippen LogP contribution in [-0.2, 0) is 11.3 Å². The number of imidazole rings is 1. The lowest BCUT2D eigenvalue weighted by atomic mass is 10.2. The Bertz CT molecular complexity index is 1220. The van der Waals surface area contributed by atoms with Crippen LogP contribution in [0.25, 0.3) is 11.7 Å². The van der Waals surface area contributed by atoms with Crippen molar-refractivity contribution in [2.75, 3.05) is 0 Å². The minimum Gasteiger partial charge on any atom is -0.453 e. The summed E-state index contributed by atoms with van der Waals surface area (Å²) in [5, 5.41) is 3.34. The van der Waals surface area contributed by atoms with Crippen LogP contribution >= 0.6 is 11.6 Å². The van der Waals surface area contributed by atoms with Gasteiger partial charge in [0.05, 0.1) is 23.5 Å². The average Bonchev–Trinajstić information content (AvgIpc) is 3.15. The van der Waals surface area contributed by atoms with Crippen molar-refractivity contribution in [3.63, 3.8) is 0 Å². The van der Waals surface area contributed by atoms with E-state index in [0.717, 1.165) is 5.65 Å². The van der Waals surface area contributed by atoms with E-state index >= 15 is 0 Å². The smallest absolute Gasteiger partial charge is 0.244 e. The summed E-state index contributed by atoms with van der Waals surface area (Å²) in [5.41, 5.74) is 1.97. The Morgan fingerprint density at radius 1 is 1.23 bits per heavy atom. The Morgan fingerprint density at radius 2 is 2.13 bits per heavy atom. The van der Waals surface area contributed by atoms with E-state index in [1.165, 1.54) is 30.5 Å². The predicted octanol–water partition coefficient (Wildman–Crippen LogP) is 4.64. The van der Waals surface area contributed by atoms with Crippen molar-refractivity contribution >= 4 is 29.2 Å². The van der Waals surface area contributed by atoms with Crippen LogP contribution in [0.1, 0.15) is 11.3 Å². The number of hydrogen-bond acceptors (Lipinski definition) is 4. The number of nitrogens with one attached hydrogen (secondary N) is 1. The second-order valence-corrected chi connectivity index (χ2v) is 6.81. The minimum absolute atomic E-state index is 0.0801. The maximum absolute atomic E-state index is 14.3. The van der Waals surface area contributed by atoms with Crippen LogP contribution in [0.3, 0.4) is 0 Å². The number of aromatic nitrogens is 3. The second kappa shape index (κ2) is 8.75. The van der Waals surface area contributed by atoms with Crippen LogP contribution in [0.4, 0.5) is 4.39 Å². The molecule has 0 aliphatic rings. The van der Waals surface area contributed by atoms with Gasteiger partial charge in [0.1, 0.15) is 11.4 Å². The van der Waals surface area contributed by atoms with E-state index in [-0.39, 0.29) is 18.2 Å². The topological polar surface area (TPSA) is 68.5 Å². The Morgan fingerprint density at radius 3 is 2.93 bits per heavy atom. The number of rotatable bonds is 6. The first-order valence-corrected chi connectivity index (χ1v) is 9.41. The van der Waals surface area contributed by atoms with Gasteiger partial charge in [0.2, 0.25) is 5.91 Å². The number of halogens is 2. The summed E-state index contributed by atoms with van der Waals surface area (Å²) in [5.74, 6) is -0.337. The molecule has 6 nitrogen and oxygen atoms in total. The molecule has 3 heterocycles. The van der Waals surface area contributed by atoms with Crippen LogP contribution in [0.2, 0.25) is 5.02 Å². The molecule has 150 valence electrons. The first-order valence-electron chi connectivity index (χ1n) is 9.03. The first-order chi connectivity index (χ1) is 14.6. The fraction of sp³-hybridized carbons (Fsp3) is 0.0455. The van der Waals surface area contributed by atoms with Crippen molar-refractivity contribution in [2.45, 2.75) is 6.54 Å². The summed E-state index contributed by atoms with van der Waals surface area (Å²) in [6.45, 7) is 0.259. The molecule has 0 fully saturated rings. The van der Waals surface area contributed by atoms with Crippen molar-refractivity contribution in [1.82, 2.24) is 19.7 Å². The number of nitrogens with zero attached hydrogens (tertiary/aromatic N) is 3. The molecule has 0 spiro atoms.